The molecule has 0 bridgehead atoms. The van der Waals surface area contributed by atoms with Gasteiger partial charge in [-0.1, -0.05) is 11.6 Å². The molecule has 0 aliphatic carbocycles. The van der Waals surface area contributed by atoms with Gasteiger partial charge >= 0.3 is 0 Å². The van der Waals surface area contributed by atoms with Gasteiger partial charge in [0.1, 0.15) is 0 Å². The van der Waals surface area contributed by atoms with Crippen LogP contribution >= 0.6 is 23.4 Å². The van der Waals surface area contributed by atoms with Crippen molar-refractivity contribution in [1.82, 2.24) is 4.90 Å². The minimum Gasteiger partial charge on any atom is -0.389 e. The summed E-state index contributed by atoms with van der Waals surface area (Å²) in [6.45, 7) is 0.543. The van der Waals surface area contributed by atoms with E-state index in [0.29, 0.717) is 13.0 Å². The number of methoxy groups -OCH3 is 1. The molecule has 1 aromatic carbocycles. The number of benzene rings is 1. The van der Waals surface area contributed by atoms with Crippen LogP contribution in [-0.2, 0) is 9.53 Å². The molecule has 0 aliphatic heterocycles. The molecule has 0 saturated carbocycles. The number of likely N-dealkylation sites (N-methyl/N-ethyl adjacent to an activating group) is 1. The fourth-order valence-electron chi connectivity index (χ4n) is 1.80. The summed E-state index contributed by atoms with van der Waals surface area (Å²) in [5.41, 5.74) is 0. The maximum Gasteiger partial charge on any atom is 0.222 e. The van der Waals surface area contributed by atoms with E-state index in [1.165, 1.54) is 7.11 Å². The quantitative estimate of drug-likeness (QED) is 0.558. The molecule has 6 heteroatoms. The molecule has 1 N–H and O–H groups in total. The van der Waals surface area contributed by atoms with Crippen LogP contribution in [0.3, 0.4) is 0 Å². The summed E-state index contributed by atoms with van der Waals surface area (Å²) < 4.78 is 4.84. The Morgan fingerprint density at radius 2 is 2.10 bits per heavy atom. The molecule has 118 valence electrons. The number of hydrogen-bond acceptors (Lipinski definition) is 4. The predicted octanol–water partition coefficient (Wildman–Crippen LogP) is 2.68. The standard InChI is InChI=1S/C15H22ClNO3S/c1-17(10-13(18)11-20-2)15(19)4-3-9-21-14-7-5-12(16)6-8-14/h5-8,13,18H,3-4,9-11H2,1-2H3. The Bertz CT molecular complexity index is 427. The molecule has 0 spiro atoms. The van der Waals surface area contributed by atoms with Gasteiger partial charge in [0.15, 0.2) is 0 Å². The second-order valence-electron chi connectivity index (χ2n) is 4.79. The molecule has 0 heterocycles. The summed E-state index contributed by atoms with van der Waals surface area (Å²) in [5, 5.41) is 10.3. The van der Waals surface area contributed by atoms with Gasteiger partial charge in [0, 0.05) is 37.0 Å². The second kappa shape index (κ2) is 10.1. The highest BCUT2D eigenvalue weighted by Crippen LogP contribution is 2.21. The molecule has 0 radical (unpaired) electrons. The fourth-order valence-corrected chi connectivity index (χ4v) is 2.78. The minimum atomic E-state index is -0.632. The zero-order valence-corrected chi connectivity index (χ0v) is 14.0. The second-order valence-corrected chi connectivity index (χ2v) is 6.39. The summed E-state index contributed by atoms with van der Waals surface area (Å²) in [4.78, 5) is 14.6. The third-order valence-corrected chi connectivity index (χ3v) is 4.24. The Kier molecular flexibility index (Phi) is 8.76. The Hall–Kier alpha value is -0.750. The van der Waals surface area contributed by atoms with Crippen molar-refractivity contribution >= 4 is 29.3 Å². The average Bonchev–Trinajstić information content (AvgIpc) is 2.45. The molecule has 1 unspecified atom stereocenters. The first-order valence-corrected chi connectivity index (χ1v) is 8.18. The molecule has 1 amide bonds. The van der Waals surface area contributed by atoms with E-state index in [4.69, 9.17) is 16.3 Å². The van der Waals surface area contributed by atoms with Crippen LogP contribution < -0.4 is 0 Å². The molecule has 0 aromatic heterocycles. The number of carbonyl (C=O) groups excluding carboxylic acids is 1. The molecule has 0 fully saturated rings. The van der Waals surface area contributed by atoms with Crippen molar-refractivity contribution in [2.45, 2.75) is 23.8 Å². The molecular weight excluding hydrogens is 310 g/mol. The Balaban J connectivity index is 2.19. The lowest BCUT2D eigenvalue weighted by atomic mass is 10.3. The maximum absolute atomic E-state index is 11.9. The molecular formula is C15H22ClNO3S. The van der Waals surface area contributed by atoms with Gasteiger partial charge in [0.25, 0.3) is 0 Å². The molecule has 21 heavy (non-hydrogen) atoms. The third-order valence-electron chi connectivity index (χ3n) is 2.89. The normalized spacial score (nSPS) is 12.2. The van der Waals surface area contributed by atoms with E-state index in [-0.39, 0.29) is 12.5 Å². The highest BCUT2D eigenvalue weighted by molar-refractivity contribution is 7.99. The van der Waals surface area contributed by atoms with Crippen LogP contribution in [0.25, 0.3) is 0 Å². The number of halogens is 1. The van der Waals surface area contributed by atoms with Gasteiger partial charge in [0.05, 0.1) is 12.7 Å². The van der Waals surface area contributed by atoms with E-state index >= 15 is 0 Å². The molecule has 0 saturated heterocycles. The van der Waals surface area contributed by atoms with E-state index in [2.05, 4.69) is 0 Å². The SMILES string of the molecule is COCC(O)CN(C)C(=O)CCCSc1ccc(Cl)cc1. The number of rotatable bonds is 9. The number of hydrogen-bond donors (Lipinski definition) is 1. The first-order chi connectivity index (χ1) is 10.0. The smallest absolute Gasteiger partial charge is 0.222 e. The zero-order chi connectivity index (χ0) is 15.7. The van der Waals surface area contributed by atoms with E-state index in [9.17, 15) is 9.90 Å². The first-order valence-electron chi connectivity index (χ1n) is 6.82. The minimum absolute atomic E-state index is 0.0434. The topological polar surface area (TPSA) is 49.8 Å². The molecule has 4 nitrogen and oxygen atoms in total. The van der Waals surface area contributed by atoms with Gasteiger partial charge in [0.2, 0.25) is 5.91 Å². The third kappa shape index (κ3) is 7.71. The van der Waals surface area contributed by atoms with Crippen molar-refractivity contribution in [2.24, 2.45) is 0 Å². The van der Waals surface area contributed by atoms with Crippen molar-refractivity contribution in [2.75, 3.05) is 33.1 Å². The number of nitrogens with zero attached hydrogens (tertiary/aromatic N) is 1. The summed E-state index contributed by atoms with van der Waals surface area (Å²) >= 11 is 7.53. The van der Waals surface area contributed by atoms with Crippen LogP contribution in [0.1, 0.15) is 12.8 Å². The van der Waals surface area contributed by atoms with Crippen molar-refractivity contribution in [3.05, 3.63) is 29.3 Å². The average molecular weight is 332 g/mol. The lowest BCUT2D eigenvalue weighted by Gasteiger charge is -2.20. The van der Waals surface area contributed by atoms with Gasteiger partial charge in [-0.15, -0.1) is 11.8 Å². The van der Waals surface area contributed by atoms with E-state index in [1.807, 2.05) is 24.3 Å². The highest BCUT2D eigenvalue weighted by Gasteiger charge is 2.13. The number of aliphatic hydroxyl groups excluding tert-OH is 1. The Labute approximate surface area is 135 Å². The summed E-state index contributed by atoms with van der Waals surface area (Å²) in [6, 6.07) is 7.67. The van der Waals surface area contributed by atoms with Crippen molar-refractivity contribution in [3.8, 4) is 0 Å². The molecule has 1 aromatic rings. The molecule has 1 rings (SSSR count). The van der Waals surface area contributed by atoms with Crippen molar-refractivity contribution in [1.29, 1.82) is 0 Å². The van der Waals surface area contributed by atoms with Gasteiger partial charge in [-0.3, -0.25) is 4.79 Å². The van der Waals surface area contributed by atoms with Crippen LogP contribution in [0.2, 0.25) is 5.02 Å². The number of amides is 1. The van der Waals surface area contributed by atoms with Crippen LogP contribution in [0.5, 0.6) is 0 Å². The van der Waals surface area contributed by atoms with Gasteiger partial charge < -0.3 is 14.7 Å². The number of aliphatic hydroxyl groups is 1. The van der Waals surface area contributed by atoms with Crippen LogP contribution in [-0.4, -0.2) is 55.1 Å². The summed E-state index contributed by atoms with van der Waals surface area (Å²) in [6.07, 6.45) is 0.653. The molecule has 1 atom stereocenters. The highest BCUT2D eigenvalue weighted by atomic mass is 35.5. The summed E-state index contributed by atoms with van der Waals surface area (Å²) in [7, 11) is 3.23. The maximum atomic E-state index is 11.9. The van der Waals surface area contributed by atoms with Crippen LogP contribution in [0.15, 0.2) is 29.2 Å². The van der Waals surface area contributed by atoms with Crippen LogP contribution in [0.4, 0.5) is 0 Å². The van der Waals surface area contributed by atoms with Gasteiger partial charge in [-0.25, -0.2) is 0 Å². The predicted molar refractivity (Wildman–Crippen MR) is 86.9 cm³/mol. The lowest BCUT2D eigenvalue weighted by Crippen LogP contribution is -2.36. The monoisotopic (exact) mass is 331 g/mol. The number of thioether (sulfide) groups is 1. The fraction of sp³-hybridized carbons (Fsp3) is 0.533. The van der Waals surface area contributed by atoms with Gasteiger partial charge in [-0.05, 0) is 36.4 Å². The van der Waals surface area contributed by atoms with E-state index in [1.54, 1.807) is 23.7 Å². The Morgan fingerprint density at radius 1 is 1.43 bits per heavy atom. The summed E-state index contributed by atoms with van der Waals surface area (Å²) in [5.74, 6) is 0.920. The zero-order valence-electron chi connectivity index (χ0n) is 12.4. The van der Waals surface area contributed by atoms with Crippen molar-refractivity contribution < 1.29 is 14.6 Å². The number of ether oxygens (including phenoxy) is 1. The first kappa shape index (κ1) is 18.3. The van der Waals surface area contributed by atoms with Crippen LogP contribution in [0, 0.1) is 0 Å². The van der Waals surface area contributed by atoms with Crippen molar-refractivity contribution in [3.63, 3.8) is 0 Å². The Morgan fingerprint density at radius 3 is 2.71 bits per heavy atom. The molecule has 0 aliphatic rings. The van der Waals surface area contributed by atoms with E-state index < -0.39 is 6.10 Å². The lowest BCUT2D eigenvalue weighted by molar-refractivity contribution is -0.131. The number of carbonyl (C=O) groups is 1. The largest absolute Gasteiger partial charge is 0.389 e. The van der Waals surface area contributed by atoms with E-state index in [0.717, 1.165) is 22.1 Å². The van der Waals surface area contributed by atoms with Gasteiger partial charge in [-0.2, -0.15) is 0 Å².